The van der Waals surface area contributed by atoms with Crippen LogP contribution in [0.4, 0.5) is 16.0 Å². The number of guanidine groups is 1. The van der Waals surface area contributed by atoms with E-state index < -0.39 is 5.82 Å². The van der Waals surface area contributed by atoms with Gasteiger partial charge in [0.2, 0.25) is 11.9 Å². The number of nitrogens with one attached hydrogen (secondary N) is 3. The van der Waals surface area contributed by atoms with Gasteiger partial charge in [-0.05, 0) is 56.4 Å². The zero-order valence-corrected chi connectivity index (χ0v) is 19.3. The van der Waals surface area contributed by atoms with Crippen molar-refractivity contribution in [3.8, 4) is 5.75 Å². The molecule has 10 heteroatoms. The fourth-order valence-electron chi connectivity index (χ4n) is 2.84. The van der Waals surface area contributed by atoms with Crippen LogP contribution in [0.2, 0.25) is 5.02 Å². The van der Waals surface area contributed by atoms with Crippen LogP contribution in [-0.4, -0.2) is 28.1 Å². The molecule has 0 atom stereocenters. The second-order valence-corrected chi connectivity index (χ2v) is 7.60. The van der Waals surface area contributed by atoms with Crippen LogP contribution in [-0.2, 0) is 6.54 Å². The number of halogens is 2. The number of para-hydroxylation sites is 1. The number of nitrogens with zero attached hydrogens (tertiary/aromatic N) is 3. The van der Waals surface area contributed by atoms with Gasteiger partial charge in [-0.25, -0.2) is 19.4 Å². The van der Waals surface area contributed by atoms with Crippen LogP contribution in [0, 0.1) is 19.7 Å². The molecule has 0 saturated heterocycles. The second kappa shape index (κ2) is 10.8. The summed E-state index contributed by atoms with van der Waals surface area (Å²) in [4.78, 5) is 13.4. The van der Waals surface area contributed by atoms with Crippen LogP contribution in [0.1, 0.15) is 17.0 Å². The van der Waals surface area contributed by atoms with E-state index in [4.69, 9.17) is 28.6 Å². The van der Waals surface area contributed by atoms with Crippen molar-refractivity contribution < 1.29 is 9.13 Å². The van der Waals surface area contributed by atoms with Gasteiger partial charge in [-0.3, -0.25) is 5.32 Å². The van der Waals surface area contributed by atoms with Crippen molar-refractivity contribution in [3.63, 3.8) is 0 Å². The van der Waals surface area contributed by atoms with Crippen LogP contribution in [0.5, 0.6) is 5.75 Å². The maximum absolute atomic E-state index is 13.4. The minimum atomic E-state index is -0.510. The van der Waals surface area contributed by atoms with E-state index in [2.05, 4.69) is 30.9 Å². The molecule has 0 radical (unpaired) electrons. The highest BCUT2D eigenvalue weighted by atomic mass is 35.5. The number of hydrogen-bond donors (Lipinski definition) is 3. The number of aryl methyl sites for hydroxylation is 2. The summed E-state index contributed by atoms with van der Waals surface area (Å²) in [5.41, 5.74) is 3.04. The number of ether oxygens (including phenoxy) is 1. The number of aliphatic imine (C=N–C) groups is 1. The van der Waals surface area contributed by atoms with Gasteiger partial charge in [0, 0.05) is 22.6 Å². The van der Waals surface area contributed by atoms with E-state index >= 15 is 0 Å². The van der Waals surface area contributed by atoms with Crippen LogP contribution in [0.3, 0.4) is 0 Å². The van der Waals surface area contributed by atoms with E-state index in [1.54, 1.807) is 7.11 Å². The molecule has 166 valence electrons. The SMILES string of the molecule is COc1ccccc1CN=C(NC(=S)Nc1ccc(F)c(Cl)c1)Nc1nc(C)cc(C)n1. The van der Waals surface area contributed by atoms with E-state index in [0.29, 0.717) is 24.1 Å². The molecule has 3 aromatic rings. The number of anilines is 2. The lowest BCUT2D eigenvalue weighted by Gasteiger charge is -2.15. The molecule has 7 nitrogen and oxygen atoms in total. The highest BCUT2D eigenvalue weighted by Gasteiger charge is 2.09. The Morgan fingerprint density at radius 2 is 1.81 bits per heavy atom. The molecule has 0 aliphatic carbocycles. The zero-order chi connectivity index (χ0) is 23.1. The van der Waals surface area contributed by atoms with Crippen LogP contribution < -0.4 is 20.7 Å². The molecule has 1 aromatic heterocycles. The quantitative estimate of drug-likeness (QED) is 0.278. The Hall–Kier alpha value is -3.30. The largest absolute Gasteiger partial charge is 0.496 e. The van der Waals surface area contributed by atoms with Gasteiger partial charge in [0.1, 0.15) is 11.6 Å². The van der Waals surface area contributed by atoms with Gasteiger partial charge in [0.15, 0.2) is 5.11 Å². The van der Waals surface area contributed by atoms with Crippen LogP contribution >= 0.6 is 23.8 Å². The Balaban J connectivity index is 1.81. The average molecular weight is 473 g/mol. The fraction of sp³-hybridized carbons (Fsp3) is 0.182. The van der Waals surface area contributed by atoms with Crippen molar-refractivity contribution in [1.29, 1.82) is 0 Å². The molecule has 32 heavy (non-hydrogen) atoms. The predicted octanol–water partition coefficient (Wildman–Crippen LogP) is 4.85. The van der Waals surface area contributed by atoms with Gasteiger partial charge < -0.3 is 15.4 Å². The molecule has 2 aromatic carbocycles. The highest BCUT2D eigenvalue weighted by molar-refractivity contribution is 7.80. The summed E-state index contributed by atoms with van der Waals surface area (Å²) in [5, 5.41) is 9.23. The highest BCUT2D eigenvalue weighted by Crippen LogP contribution is 2.20. The second-order valence-electron chi connectivity index (χ2n) is 6.78. The Labute approximate surface area is 196 Å². The number of benzene rings is 2. The van der Waals surface area contributed by atoms with E-state index in [-0.39, 0.29) is 10.1 Å². The van der Waals surface area contributed by atoms with Crippen LogP contribution in [0.15, 0.2) is 53.5 Å². The molecule has 0 bridgehead atoms. The number of methoxy groups -OCH3 is 1. The molecule has 1 heterocycles. The molecular formula is C22H22ClFN6OS. The number of aromatic nitrogens is 2. The first-order chi connectivity index (χ1) is 15.3. The summed E-state index contributed by atoms with van der Waals surface area (Å²) >= 11 is 11.2. The first-order valence-electron chi connectivity index (χ1n) is 9.63. The Morgan fingerprint density at radius 1 is 1.09 bits per heavy atom. The van der Waals surface area contributed by atoms with Crippen molar-refractivity contribution in [2.24, 2.45) is 4.99 Å². The summed E-state index contributed by atoms with van der Waals surface area (Å²) < 4.78 is 18.8. The minimum absolute atomic E-state index is 0.00961. The van der Waals surface area contributed by atoms with E-state index in [0.717, 1.165) is 22.7 Å². The van der Waals surface area contributed by atoms with Crippen molar-refractivity contribution in [2.45, 2.75) is 20.4 Å². The Bertz CT molecular complexity index is 1140. The monoisotopic (exact) mass is 472 g/mol. The normalized spacial score (nSPS) is 11.1. The average Bonchev–Trinajstić information content (AvgIpc) is 2.74. The van der Waals surface area contributed by atoms with Crippen molar-refractivity contribution in [1.82, 2.24) is 15.3 Å². The molecule has 3 rings (SSSR count). The third kappa shape index (κ3) is 6.60. The smallest absolute Gasteiger partial charge is 0.229 e. The first-order valence-corrected chi connectivity index (χ1v) is 10.4. The Morgan fingerprint density at radius 3 is 2.50 bits per heavy atom. The lowest BCUT2D eigenvalue weighted by Crippen LogP contribution is -2.39. The molecule has 0 spiro atoms. The van der Waals surface area contributed by atoms with E-state index in [9.17, 15) is 4.39 Å². The molecule has 0 unspecified atom stereocenters. The number of hydrogen-bond acceptors (Lipinski definition) is 5. The van der Waals surface area contributed by atoms with Crippen molar-refractivity contribution in [3.05, 3.63) is 76.3 Å². The fourth-order valence-corrected chi connectivity index (χ4v) is 3.23. The maximum atomic E-state index is 13.4. The number of rotatable bonds is 5. The van der Waals surface area contributed by atoms with E-state index in [1.165, 1.54) is 18.2 Å². The predicted molar refractivity (Wildman–Crippen MR) is 130 cm³/mol. The molecule has 0 saturated carbocycles. The topological polar surface area (TPSA) is 83.5 Å². The maximum Gasteiger partial charge on any atom is 0.229 e. The molecule has 0 amide bonds. The van der Waals surface area contributed by atoms with Gasteiger partial charge in [-0.15, -0.1) is 0 Å². The number of thiocarbonyl (C=S) groups is 1. The van der Waals surface area contributed by atoms with Crippen molar-refractivity contribution >= 4 is 46.5 Å². The lowest BCUT2D eigenvalue weighted by molar-refractivity contribution is 0.410. The van der Waals surface area contributed by atoms with Crippen molar-refractivity contribution in [2.75, 3.05) is 17.7 Å². The summed E-state index contributed by atoms with van der Waals surface area (Å²) in [6, 6.07) is 13.7. The molecular weight excluding hydrogens is 451 g/mol. The zero-order valence-electron chi connectivity index (χ0n) is 17.7. The Kier molecular flexibility index (Phi) is 7.91. The summed E-state index contributed by atoms with van der Waals surface area (Å²) in [5.74, 6) is 0.914. The summed E-state index contributed by atoms with van der Waals surface area (Å²) in [6.07, 6.45) is 0. The molecule has 0 fully saturated rings. The third-order valence-corrected chi connectivity index (χ3v) is 4.72. The van der Waals surface area contributed by atoms with Gasteiger partial charge in [0.05, 0.1) is 18.7 Å². The minimum Gasteiger partial charge on any atom is -0.496 e. The molecule has 0 aliphatic heterocycles. The van der Waals surface area contributed by atoms with Crippen LogP contribution in [0.25, 0.3) is 0 Å². The van der Waals surface area contributed by atoms with Gasteiger partial charge in [-0.2, -0.15) is 0 Å². The van der Waals surface area contributed by atoms with Gasteiger partial charge >= 0.3 is 0 Å². The first kappa shape index (κ1) is 23.4. The molecule has 3 N–H and O–H groups in total. The third-order valence-electron chi connectivity index (χ3n) is 4.22. The summed E-state index contributed by atoms with van der Waals surface area (Å²) in [6.45, 7) is 4.07. The summed E-state index contributed by atoms with van der Waals surface area (Å²) in [7, 11) is 1.61. The molecule has 0 aliphatic rings. The standard InChI is InChI=1S/C22H22ClFN6OS/c1-13-10-14(2)27-21(26-13)29-20(25-12-15-6-4-5-7-19(15)31-3)30-22(32)28-16-8-9-18(24)17(23)11-16/h4-11H,12H2,1-3H3,(H3,25,26,27,28,29,30,32). The van der Waals surface area contributed by atoms with Gasteiger partial charge in [0.25, 0.3) is 0 Å². The van der Waals surface area contributed by atoms with Gasteiger partial charge in [-0.1, -0.05) is 29.8 Å². The van der Waals surface area contributed by atoms with E-state index in [1.807, 2.05) is 44.2 Å². The lowest BCUT2D eigenvalue weighted by atomic mass is 10.2.